The lowest BCUT2D eigenvalue weighted by Gasteiger charge is -2.07. The van der Waals surface area contributed by atoms with E-state index in [4.69, 9.17) is 10.5 Å². The van der Waals surface area contributed by atoms with Gasteiger partial charge in [0.15, 0.2) is 0 Å². The molecule has 0 aliphatic heterocycles. The highest BCUT2D eigenvalue weighted by Gasteiger charge is 2.16. The lowest BCUT2D eigenvalue weighted by molar-refractivity contribution is 0.306. The fraction of sp³-hybridized carbons (Fsp3) is 0.125. The zero-order chi connectivity index (χ0) is 19.5. The molecule has 0 fully saturated rings. The molecule has 0 saturated heterocycles. The molecule has 4 nitrogen and oxygen atoms in total. The van der Waals surface area contributed by atoms with Gasteiger partial charge in [0.05, 0.1) is 5.56 Å². The molecular weight excluding hydrogens is 346 g/mol. The first-order valence-electron chi connectivity index (χ1n) is 9.18. The van der Waals surface area contributed by atoms with Crippen molar-refractivity contribution in [2.75, 3.05) is 5.73 Å². The van der Waals surface area contributed by atoms with Gasteiger partial charge in [0.2, 0.25) is 0 Å². The number of nitrogen functional groups attached to an aromatic ring is 1. The highest BCUT2D eigenvalue weighted by Crippen LogP contribution is 2.30. The number of ether oxygens (including phenoxy) is 1. The Morgan fingerprint density at radius 1 is 0.964 bits per heavy atom. The average molecular weight is 367 g/mol. The molecule has 4 rings (SSSR count). The summed E-state index contributed by atoms with van der Waals surface area (Å²) in [5.41, 5.74) is 11.5. The van der Waals surface area contributed by atoms with E-state index >= 15 is 0 Å². The number of nitrogens with two attached hydrogens (primary N) is 1. The number of fused-ring (bicyclic) bond motifs is 1. The van der Waals surface area contributed by atoms with Crippen molar-refractivity contribution >= 4 is 16.6 Å². The Bertz CT molecular complexity index is 1150. The standard InChI is InChI=1S/C24H21N3O/c1-27-23-12-11-20(28-16-18-5-3-2-4-6-18)14-21(23)22(15-25)24(27)13-17-7-9-19(26)10-8-17/h2-12,14H,13,16,26H2,1H3. The summed E-state index contributed by atoms with van der Waals surface area (Å²) in [7, 11) is 2.00. The van der Waals surface area contributed by atoms with E-state index in [2.05, 4.69) is 10.6 Å². The van der Waals surface area contributed by atoms with Crippen LogP contribution in [0.4, 0.5) is 5.69 Å². The molecule has 0 radical (unpaired) electrons. The third-order valence-electron chi connectivity index (χ3n) is 5.00. The number of rotatable bonds is 5. The molecule has 0 aliphatic rings. The lowest BCUT2D eigenvalue weighted by atomic mass is 10.0. The van der Waals surface area contributed by atoms with E-state index in [0.717, 1.165) is 39.2 Å². The number of nitrogens with zero attached hydrogens (tertiary/aromatic N) is 2. The second-order valence-electron chi connectivity index (χ2n) is 6.86. The maximum Gasteiger partial charge on any atom is 0.120 e. The number of benzene rings is 3. The number of hydrogen-bond donors (Lipinski definition) is 1. The molecule has 138 valence electrons. The first kappa shape index (κ1) is 17.7. The zero-order valence-corrected chi connectivity index (χ0v) is 15.7. The monoisotopic (exact) mass is 367 g/mol. The zero-order valence-electron chi connectivity index (χ0n) is 15.7. The fourth-order valence-corrected chi connectivity index (χ4v) is 3.47. The minimum absolute atomic E-state index is 0.499. The van der Waals surface area contributed by atoms with E-state index in [1.165, 1.54) is 0 Å². The van der Waals surface area contributed by atoms with Crippen LogP contribution >= 0.6 is 0 Å². The van der Waals surface area contributed by atoms with E-state index in [9.17, 15) is 5.26 Å². The van der Waals surface area contributed by atoms with Crippen LogP contribution < -0.4 is 10.5 Å². The van der Waals surface area contributed by atoms with Gasteiger partial charge in [-0.05, 0) is 41.5 Å². The van der Waals surface area contributed by atoms with Gasteiger partial charge in [0.25, 0.3) is 0 Å². The van der Waals surface area contributed by atoms with Gasteiger partial charge in [0, 0.05) is 35.8 Å². The van der Waals surface area contributed by atoms with Crippen LogP contribution in [0.3, 0.4) is 0 Å². The van der Waals surface area contributed by atoms with Crippen molar-refractivity contribution in [3.63, 3.8) is 0 Å². The van der Waals surface area contributed by atoms with E-state index in [0.29, 0.717) is 18.6 Å². The van der Waals surface area contributed by atoms with Crippen LogP contribution in [0.5, 0.6) is 5.75 Å². The Balaban J connectivity index is 1.67. The van der Waals surface area contributed by atoms with E-state index in [1.54, 1.807) is 0 Å². The van der Waals surface area contributed by atoms with Crippen molar-refractivity contribution < 1.29 is 4.74 Å². The number of hydrogen-bond acceptors (Lipinski definition) is 3. The van der Waals surface area contributed by atoms with Gasteiger partial charge >= 0.3 is 0 Å². The second-order valence-corrected chi connectivity index (χ2v) is 6.86. The summed E-state index contributed by atoms with van der Waals surface area (Å²) in [5, 5.41) is 10.7. The van der Waals surface area contributed by atoms with E-state index < -0.39 is 0 Å². The summed E-state index contributed by atoms with van der Waals surface area (Å²) in [6.07, 6.45) is 0.675. The molecule has 1 heterocycles. The predicted octanol–water partition coefficient (Wildman–Crippen LogP) is 4.80. The minimum Gasteiger partial charge on any atom is -0.489 e. The van der Waals surface area contributed by atoms with Crippen LogP contribution in [0.15, 0.2) is 72.8 Å². The summed E-state index contributed by atoms with van der Waals surface area (Å²) < 4.78 is 8.04. The molecule has 2 N–H and O–H groups in total. The predicted molar refractivity (Wildman–Crippen MR) is 112 cm³/mol. The van der Waals surface area contributed by atoms with Gasteiger partial charge in [0.1, 0.15) is 18.4 Å². The van der Waals surface area contributed by atoms with Crippen LogP contribution in [-0.4, -0.2) is 4.57 Å². The Morgan fingerprint density at radius 3 is 2.43 bits per heavy atom. The normalized spacial score (nSPS) is 10.7. The SMILES string of the molecule is Cn1c(Cc2ccc(N)cc2)c(C#N)c2cc(OCc3ccccc3)ccc21. The van der Waals surface area contributed by atoms with Crippen molar-refractivity contribution in [3.05, 3.63) is 95.2 Å². The molecule has 28 heavy (non-hydrogen) atoms. The summed E-state index contributed by atoms with van der Waals surface area (Å²) >= 11 is 0. The molecule has 0 aliphatic carbocycles. The molecular formula is C24H21N3O. The van der Waals surface area contributed by atoms with Crippen molar-refractivity contribution in [2.24, 2.45) is 7.05 Å². The van der Waals surface area contributed by atoms with Crippen molar-refractivity contribution in [3.8, 4) is 11.8 Å². The smallest absolute Gasteiger partial charge is 0.120 e. The molecule has 1 aromatic heterocycles. The molecule has 0 atom stereocenters. The summed E-state index contributed by atoms with van der Waals surface area (Å²) in [4.78, 5) is 0. The number of nitriles is 1. The van der Waals surface area contributed by atoms with Gasteiger partial charge in [-0.25, -0.2) is 0 Å². The summed E-state index contributed by atoms with van der Waals surface area (Å²) in [6, 6.07) is 26.2. The Kier molecular flexibility index (Phi) is 4.74. The van der Waals surface area contributed by atoms with Gasteiger partial charge in [-0.3, -0.25) is 0 Å². The van der Waals surface area contributed by atoms with Crippen LogP contribution in [0.25, 0.3) is 10.9 Å². The highest BCUT2D eigenvalue weighted by molar-refractivity contribution is 5.89. The first-order chi connectivity index (χ1) is 13.7. The van der Waals surface area contributed by atoms with E-state index in [1.807, 2.05) is 79.8 Å². The Morgan fingerprint density at radius 2 is 1.71 bits per heavy atom. The van der Waals surface area contributed by atoms with E-state index in [-0.39, 0.29) is 0 Å². The van der Waals surface area contributed by atoms with Gasteiger partial charge in [-0.1, -0.05) is 42.5 Å². The van der Waals surface area contributed by atoms with Gasteiger partial charge in [-0.15, -0.1) is 0 Å². The number of aryl methyl sites for hydroxylation is 1. The third kappa shape index (κ3) is 3.43. The number of anilines is 1. The van der Waals surface area contributed by atoms with Crippen molar-refractivity contribution in [1.82, 2.24) is 4.57 Å². The summed E-state index contributed by atoms with van der Waals surface area (Å²) in [6.45, 7) is 0.499. The fourth-order valence-electron chi connectivity index (χ4n) is 3.47. The minimum atomic E-state index is 0.499. The van der Waals surface area contributed by atoms with Crippen LogP contribution in [0.2, 0.25) is 0 Å². The molecule has 0 unspecified atom stereocenters. The maximum atomic E-state index is 9.83. The second kappa shape index (κ2) is 7.50. The van der Waals surface area contributed by atoms with Crippen LogP contribution in [0, 0.1) is 11.3 Å². The van der Waals surface area contributed by atoms with Crippen LogP contribution in [0.1, 0.15) is 22.4 Å². The highest BCUT2D eigenvalue weighted by atomic mass is 16.5. The molecule has 0 amide bonds. The van der Waals surface area contributed by atoms with Crippen LogP contribution in [-0.2, 0) is 20.1 Å². The molecule has 4 aromatic rings. The van der Waals surface area contributed by atoms with Crippen molar-refractivity contribution in [2.45, 2.75) is 13.0 Å². The molecule has 0 saturated carbocycles. The molecule has 0 bridgehead atoms. The van der Waals surface area contributed by atoms with Crippen molar-refractivity contribution in [1.29, 1.82) is 5.26 Å². The lowest BCUT2D eigenvalue weighted by Crippen LogP contribution is -1.99. The van der Waals surface area contributed by atoms with Gasteiger partial charge < -0.3 is 15.0 Å². The molecule has 4 heteroatoms. The topological polar surface area (TPSA) is 64.0 Å². The maximum absolute atomic E-state index is 9.83. The Labute approximate surface area is 164 Å². The largest absolute Gasteiger partial charge is 0.489 e. The quantitative estimate of drug-likeness (QED) is 0.515. The summed E-state index contributed by atoms with van der Waals surface area (Å²) in [5.74, 6) is 0.762. The average Bonchev–Trinajstić information content (AvgIpc) is 2.99. The third-order valence-corrected chi connectivity index (χ3v) is 5.00. The Hall–Kier alpha value is -3.71. The number of aromatic nitrogens is 1. The van der Waals surface area contributed by atoms with Gasteiger partial charge in [-0.2, -0.15) is 5.26 Å². The molecule has 3 aromatic carbocycles. The molecule has 0 spiro atoms. The first-order valence-corrected chi connectivity index (χ1v) is 9.18.